The maximum atomic E-state index is 13.6. The Morgan fingerprint density at radius 3 is 2.39 bits per heavy atom. The molecule has 3 aromatic rings. The Hall–Kier alpha value is -2.11. The van der Waals surface area contributed by atoms with Gasteiger partial charge in [-0.3, -0.25) is 9.36 Å². The van der Waals surface area contributed by atoms with E-state index in [1.54, 1.807) is 44.2 Å². The lowest BCUT2D eigenvalue weighted by molar-refractivity contribution is 0.214. The number of aromatic amines is 1. The number of pyridine rings is 1. The number of hydrogen-bond acceptors (Lipinski definition) is 5. The maximum absolute atomic E-state index is 13.6. The van der Waals surface area contributed by atoms with Crippen LogP contribution < -0.4 is 10.9 Å². The number of anilines is 1. The SMILES string of the molecule is CCOP(=O)(OCC)C(Nc1ccccc1Cl)c1cc2ccccc2[nH]c1=O. The van der Waals surface area contributed by atoms with Crippen molar-refractivity contribution >= 4 is 35.8 Å². The summed E-state index contributed by atoms with van der Waals surface area (Å²) >= 11 is 6.28. The highest BCUT2D eigenvalue weighted by molar-refractivity contribution is 7.54. The van der Waals surface area contributed by atoms with Crippen molar-refractivity contribution in [3.63, 3.8) is 0 Å². The minimum absolute atomic E-state index is 0.170. The molecule has 1 atom stereocenters. The number of hydrogen-bond donors (Lipinski definition) is 2. The molecule has 148 valence electrons. The van der Waals surface area contributed by atoms with Crippen LogP contribution in [-0.2, 0) is 13.6 Å². The van der Waals surface area contributed by atoms with Crippen LogP contribution in [0.4, 0.5) is 5.69 Å². The highest BCUT2D eigenvalue weighted by Crippen LogP contribution is 2.60. The van der Waals surface area contributed by atoms with Crippen molar-refractivity contribution in [1.29, 1.82) is 0 Å². The first-order chi connectivity index (χ1) is 13.5. The second-order valence-corrected chi connectivity index (χ2v) is 8.56. The summed E-state index contributed by atoms with van der Waals surface area (Å²) in [6.07, 6.45) is 0. The monoisotopic (exact) mass is 420 g/mol. The van der Waals surface area contributed by atoms with Gasteiger partial charge in [-0.25, -0.2) is 0 Å². The van der Waals surface area contributed by atoms with Gasteiger partial charge in [0.1, 0.15) is 0 Å². The predicted octanol–water partition coefficient (Wildman–Crippen LogP) is 5.56. The van der Waals surface area contributed by atoms with Crippen LogP contribution in [0.3, 0.4) is 0 Å². The van der Waals surface area contributed by atoms with Crippen LogP contribution in [0.1, 0.15) is 25.2 Å². The highest BCUT2D eigenvalue weighted by atomic mass is 35.5. The van der Waals surface area contributed by atoms with Crippen molar-refractivity contribution in [3.8, 4) is 0 Å². The van der Waals surface area contributed by atoms with E-state index in [1.165, 1.54) is 0 Å². The molecule has 2 aromatic carbocycles. The largest absolute Gasteiger partial charge is 0.367 e. The first-order valence-electron chi connectivity index (χ1n) is 9.00. The molecular weight excluding hydrogens is 399 g/mol. The topological polar surface area (TPSA) is 80.4 Å². The lowest BCUT2D eigenvalue weighted by Gasteiger charge is -2.28. The van der Waals surface area contributed by atoms with E-state index in [0.29, 0.717) is 16.2 Å². The van der Waals surface area contributed by atoms with Gasteiger partial charge in [-0.15, -0.1) is 0 Å². The third kappa shape index (κ3) is 4.31. The summed E-state index contributed by atoms with van der Waals surface area (Å²) < 4.78 is 24.7. The molecule has 1 unspecified atom stereocenters. The number of nitrogens with one attached hydrogen (secondary N) is 2. The van der Waals surface area contributed by atoms with Crippen LogP contribution in [0.2, 0.25) is 5.02 Å². The first kappa shape index (κ1) is 20.6. The number of aromatic nitrogens is 1. The number of H-pyrrole nitrogens is 1. The highest BCUT2D eigenvalue weighted by Gasteiger charge is 2.39. The minimum atomic E-state index is -3.73. The molecule has 0 fully saturated rings. The number of halogens is 1. The lowest BCUT2D eigenvalue weighted by atomic mass is 10.1. The van der Waals surface area contributed by atoms with Gasteiger partial charge in [-0.1, -0.05) is 41.9 Å². The van der Waals surface area contributed by atoms with Crippen molar-refractivity contribution in [1.82, 2.24) is 4.98 Å². The van der Waals surface area contributed by atoms with E-state index in [-0.39, 0.29) is 24.3 Å². The molecule has 0 radical (unpaired) electrons. The van der Waals surface area contributed by atoms with Gasteiger partial charge in [0.2, 0.25) is 0 Å². The molecule has 8 heteroatoms. The maximum Gasteiger partial charge on any atom is 0.357 e. The first-order valence-corrected chi connectivity index (χ1v) is 11.0. The van der Waals surface area contributed by atoms with Gasteiger partial charge in [-0.05, 0) is 43.5 Å². The summed E-state index contributed by atoms with van der Waals surface area (Å²) in [4.78, 5) is 15.7. The van der Waals surface area contributed by atoms with Gasteiger partial charge in [0.05, 0.1) is 29.5 Å². The summed E-state index contributed by atoms with van der Waals surface area (Å²) in [5, 5.41) is 4.36. The van der Waals surface area contributed by atoms with E-state index in [4.69, 9.17) is 20.6 Å². The average Bonchev–Trinajstić information content (AvgIpc) is 2.67. The molecule has 0 aliphatic rings. The van der Waals surface area contributed by atoms with Crippen LogP contribution in [0.15, 0.2) is 59.4 Å². The summed E-state index contributed by atoms with van der Waals surface area (Å²) in [6.45, 7) is 3.79. The van der Waals surface area contributed by atoms with Crippen molar-refractivity contribution < 1.29 is 13.6 Å². The molecule has 0 saturated heterocycles. The molecule has 0 bridgehead atoms. The minimum Gasteiger partial charge on any atom is -0.367 e. The predicted molar refractivity (Wildman–Crippen MR) is 113 cm³/mol. The molecule has 0 spiro atoms. The molecule has 3 rings (SSSR count). The summed E-state index contributed by atoms with van der Waals surface area (Å²) in [6, 6.07) is 16.1. The van der Waals surface area contributed by atoms with Crippen LogP contribution >= 0.6 is 19.2 Å². The second-order valence-electron chi connectivity index (χ2n) is 6.04. The summed E-state index contributed by atoms with van der Waals surface area (Å²) in [5.41, 5.74) is 1.10. The number of rotatable bonds is 8. The number of para-hydroxylation sites is 2. The Labute approximate surface area is 168 Å². The molecule has 1 aromatic heterocycles. The zero-order chi connectivity index (χ0) is 20.1. The molecule has 6 nitrogen and oxygen atoms in total. The lowest BCUT2D eigenvalue weighted by Crippen LogP contribution is -2.23. The number of benzene rings is 2. The van der Waals surface area contributed by atoms with Crippen LogP contribution in [-0.4, -0.2) is 18.2 Å². The van der Waals surface area contributed by atoms with E-state index in [2.05, 4.69) is 10.3 Å². The van der Waals surface area contributed by atoms with Crippen LogP contribution in [0.25, 0.3) is 10.9 Å². The fourth-order valence-corrected chi connectivity index (χ4v) is 5.08. The third-order valence-electron chi connectivity index (χ3n) is 4.18. The Morgan fingerprint density at radius 2 is 1.71 bits per heavy atom. The van der Waals surface area contributed by atoms with Crippen molar-refractivity contribution in [2.24, 2.45) is 0 Å². The Balaban J connectivity index is 2.18. The van der Waals surface area contributed by atoms with Crippen molar-refractivity contribution in [2.75, 3.05) is 18.5 Å². The molecule has 28 heavy (non-hydrogen) atoms. The molecule has 0 amide bonds. The quantitative estimate of drug-likeness (QED) is 0.466. The van der Waals surface area contributed by atoms with Gasteiger partial charge in [0.15, 0.2) is 5.78 Å². The molecule has 1 heterocycles. The molecule has 0 aliphatic carbocycles. The summed E-state index contributed by atoms with van der Waals surface area (Å²) in [5.74, 6) is -1.03. The normalized spacial score (nSPS) is 12.8. The van der Waals surface area contributed by atoms with Crippen LogP contribution in [0, 0.1) is 0 Å². The van der Waals surface area contributed by atoms with E-state index in [1.807, 2.05) is 24.3 Å². The van der Waals surface area contributed by atoms with Gasteiger partial charge in [0, 0.05) is 5.52 Å². The van der Waals surface area contributed by atoms with Gasteiger partial charge < -0.3 is 19.3 Å². The molecule has 0 aliphatic heterocycles. The Morgan fingerprint density at radius 1 is 1.07 bits per heavy atom. The summed E-state index contributed by atoms with van der Waals surface area (Å²) in [7, 11) is -3.73. The zero-order valence-corrected chi connectivity index (χ0v) is 17.3. The van der Waals surface area contributed by atoms with Gasteiger partial charge in [0.25, 0.3) is 5.56 Å². The van der Waals surface area contributed by atoms with E-state index in [0.717, 1.165) is 5.39 Å². The third-order valence-corrected chi connectivity index (χ3v) is 6.78. The fourth-order valence-electron chi connectivity index (χ4n) is 2.97. The van der Waals surface area contributed by atoms with E-state index < -0.39 is 13.4 Å². The Bertz CT molecular complexity index is 1060. The van der Waals surface area contributed by atoms with E-state index in [9.17, 15) is 9.36 Å². The van der Waals surface area contributed by atoms with Crippen LogP contribution in [0.5, 0.6) is 0 Å². The van der Waals surface area contributed by atoms with Gasteiger partial charge >= 0.3 is 7.60 Å². The molecular formula is C20H22ClN2O4P. The average molecular weight is 421 g/mol. The Kier molecular flexibility index (Phi) is 6.57. The fraction of sp³-hybridized carbons (Fsp3) is 0.250. The van der Waals surface area contributed by atoms with E-state index >= 15 is 0 Å². The van der Waals surface area contributed by atoms with Crippen molar-refractivity contribution in [3.05, 3.63) is 75.5 Å². The number of fused-ring (bicyclic) bond motifs is 1. The van der Waals surface area contributed by atoms with Gasteiger partial charge in [-0.2, -0.15) is 0 Å². The second kappa shape index (κ2) is 8.93. The molecule has 2 N–H and O–H groups in total. The molecule has 0 saturated carbocycles. The zero-order valence-electron chi connectivity index (χ0n) is 15.6. The van der Waals surface area contributed by atoms with Crippen molar-refractivity contribution in [2.45, 2.75) is 19.6 Å². The smallest absolute Gasteiger partial charge is 0.357 e. The standard InChI is InChI=1S/C20H22ClN2O4P/c1-3-26-28(25,27-4-2)20(23-18-12-8-6-10-16(18)21)15-13-14-9-5-7-11-17(14)22-19(15)24/h5-13,20,23H,3-4H2,1-2H3,(H,22,24).